The molecule has 2 rings (SSSR count). The maximum Gasteiger partial charge on any atom is 0.273 e. The van der Waals surface area contributed by atoms with Crippen LogP contribution in [0, 0.1) is 17.2 Å². The number of thiazole rings is 1. The molecule has 2 aromatic heterocycles. The van der Waals surface area contributed by atoms with Crippen LogP contribution in [0.3, 0.4) is 0 Å². The Morgan fingerprint density at radius 3 is 3.00 bits per heavy atom. The molecule has 0 spiro atoms. The number of hydrogen-bond donors (Lipinski definition) is 0. The molecule has 1 amide bonds. The van der Waals surface area contributed by atoms with Gasteiger partial charge in [0.1, 0.15) is 5.69 Å². The summed E-state index contributed by atoms with van der Waals surface area (Å²) in [6.45, 7) is 5.14. The summed E-state index contributed by atoms with van der Waals surface area (Å²) in [7, 11) is 0. The zero-order valence-electron chi connectivity index (χ0n) is 12.1. The molecule has 0 bridgehead atoms. The highest BCUT2D eigenvalue weighted by Crippen LogP contribution is 2.24. The van der Waals surface area contributed by atoms with Crippen molar-refractivity contribution in [2.75, 3.05) is 13.1 Å². The van der Waals surface area contributed by atoms with E-state index in [-0.39, 0.29) is 5.91 Å². The molecular formula is C15H17N3O2S. The third-order valence-corrected chi connectivity index (χ3v) is 3.68. The lowest BCUT2D eigenvalue weighted by Crippen LogP contribution is -2.35. The van der Waals surface area contributed by atoms with Crippen molar-refractivity contribution in [3.63, 3.8) is 0 Å². The van der Waals surface area contributed by atoms with Gasteiger partial charge in [0.25, 0.3) is 5.91 Å². The number of nitriles is 1. The van der Waals surface area contributed by atoms with Crippen molar-refractivity contribution < 1.29 is 9.21 Å². The van der Waals surface area contributed by atoms with Crippen LogP contribution >= 0.6 is 11.3 Å². The maximum atomic E-state index is 12.5. The molecule has 2 heterocycles. The van der Waals surface area contributed by atoms with E-state index in [9.17, 15) is 4.79 Å². The molecule has 0 saturated carbocycles. The Morgan fingerprint density at radius 1 is 1.57 bits per heavy atom. The molecule has 5 nitrogen and oxygen atoms in total. The van der Waals surface area contributed by atoms with Crippen LogP contribution in [0.15, 0.2) is 28.2 Å². The third-order valence-electron chi connectivity index (χ3n) is 2.82. The molecule has 0 aliphatic heterocycles. The summed E-state index contributed by atoms with van der Waals surface area (Å²) < 4.78 is 5.28. The van der Waals surface area contributed by atoms with E-state index in [0.717, 1.165) is 0 Å². The number of furan rings is 1. The number of rotatable bonds is 6. The van der Waals surface area contributed by atoms with Crippen molar-refractivity contribution in [2.45, 2.75) is 20.3 Å². The molecule has 110 valence electrons. The van der Waals surface area contributed by atoms with E-state index in [2.05, 4.69) is 11.1 Å². The van der Waals surface area contributed by atoms with Crippen molar-refractivity contribution in [2.24, 2.45) is 5.92 Å². The quantitative estimate of drug-likeness (QED) is 0.820. The van der Waals surface area contributed by atoms with E-state index in [1.165, 1.54) is 11.3 Å². The molecule has 2 aromatic rings. The number of carbonyl (C=O) groups excluding carboxylic acids is 1. The van der Waals surface area contributed by atoms with Crippen LogP contribution in [0.25, 0.3) is 10.8 Å². The van der Waals surface area contributed by atoms with Crippen LogP contribution in [0.1, 0.15) is 30.8 Å². The first kappa shape index (κ1) is 15.3. The van der Waals surface area contributed by atoms with Gasteiger partial charge in [-0.3, -0.25) is 4.79 Å². The number of nitrogens with zero attached hydrogens (tertiary/aromatic N) is 3. The second-order valence-electron chi connectivity index (χ2n) is 5.07. The molecule has 0 N–H and O–H groups in total. The minimum atomic E-state index is -0.131. The fourth-order valence-corrected chi connectivity index (χ4v) is 2.71. The van der Waals surface area contributed by atoms with Gasteiger partial charge in [0.15, 0.2) is 10.8 Å². The van der Waals surface area contributed by atoms with E-state index >= 15 is 0 Å². The van der Waals surface area contributed by atoms with Gasteiger partial charge in [-0.2, -0.15) is 5.26 Å². The van der Waals surface area contributed by atoms with Crippen molar-refractivity contribution in [3.8, 4) is 16.8 Å². The van der Waals surface area contributed by atoms with Crippen LogP contribution in [0.5, 0.6) is 0 Å². The number of hydrogen-bond acceptors (Lipinski definition) is 5. The summed E-state index contributed by atoms with van der Waals surface area (Å²) >= 11 is 1.38. The first-order valence-electron chi connectivity index (χ1n) is 6.77. The van der Waals surface area contributed by atoms with E-state index in [1.54, 1.807) is 22.6 Å². The Kier molecular flexibility index (Phi) is 5.12. The molecule has 0 aliphatic rings. The Balaban J connectivity index is 2.14. The van der Waals surface area contributed by atoms with Crippen LogP contribution in [-0.2, 0) is 0 Å². The summed E-state index contributed by atoms with van der Waals surface area (Å²) in [5, 5.41) is 11.1. The van der Waals surface area contributed by atoms with Gasteiger partial charge in [0.05, 0.1) is 18.8 Å². The Hall–Kier alpha value is -2.13. The predicted molar refractivity (Wildman–Crippen MR) is 80.8 cm³/mol. The Bertz CT molecular complexity index is 626. The van der Waals surface area contributed by atoms with E-state index < -0.39 is 0 Å². The molecule has 6 heteroatoms. The third kappa shape index (κ3) is 3.92. The van der Waals surface area contributed by atoms with Gasteiger partial charge in [0.2, 0.25) is 0 Å². The average Bonchev–Trinajstić information content (AvgIpc) is 3.11. The van der Waals surface area contributed by atoms with Gasteiger partial charge in [0, 0.05) is 18.5 Å². The topological polar surface area (TPSA) is 70.1 Å². The highest BCUT2D eigenvalue weighted by Gasteiger charge is 2.20. The van der Waals surface area contributed by atoms with Crippen molar-refractivity contribution in [3.05, 3.63) is 29.5 Å². The predicted octanol–water partition coefficient (Wildman–Crippen LogP) is 3.41. The molecule has 0 aromatic carbocycles. The number of amides is 1. The minimum Gasteiger partial charge on any atom is -0.462 e. The second kappa shape index (κ2) is 7.04. The van der Waals surface area contributed by atoms with E-state index in [0.29, 0.717) is 41.9 Å². The normalized spacial score (nSPS) is 10.6. The molecule has 21 heavy (non-hydrogen) atoms. The van der Waals surface area contributed by atoms with Crippen LogP contribution in [0.2, 0.25) is 0 Å². The van der Waals surface area contributed by atoms with Crippen molar-refractivity contribution >= 4 is 17.2 Å². The molecule has 0 fully saturated rings. The highest BCUT2D eigenvalue weighted by atomic mass is 32.1. The molecule has 0 saturated heterocycles. The maximum absolute atomic E-state index is 12.5. The standard InChI is InChI=1S/C15H17N3O2S/c1-11(2)9-18(7-4-6-16)15(19)12-10-21-14(17-12)13-5-3-8-20-13/h3,5,8,10-11H,4,7,9H2,1-2H3. The lowest BCUT2D eigenvalue weighted by molar-refractivity contribution is 0.0735. The van der Waals surface area contributed by atoms with Crippen molar-refractivity contribution in [1.29, 1.82) is 5.26 Å². The van der Waals surface area contributed by atoms with Gasteiger partial charge in [-0.25, -0.2) is 4.98 Å². The summed E-state index contributed by atoms with van der Waals surface area (Å²) in [6.07, 6.45) is 1.91. The summed E-state index contributed by atoms with van der Waals surface area (Å²) in [5.74, 6) is 0.871. The fourth-order valence-electron chi connectivity index (χ4n) is 1.95. The van der Waals surface area contributed by atoms with Crippen LogP contribution in [0.4, 0.5) is 0 Å². The van der Waals surface area contributed by atoms with Gasteiger partial charge in [-0.15, -0.1) is 11.3 Å². The van der Waals surface area contributed by atoms with Crippen LogP contribution < -0.4 is 0 Å². The molecule has 0 aliphatic carbocycles. The van der Waals surface area contributed by atoms with Crippen LogP contribution in [-0.4, -0.2) is 28.9 Å². The average molecular weight is 303 g/mol. The largest absolute Gasteiger partial charge is 0.462 e. The first-order chi connectivity index (χ1) is 10.1. The van der Waals surface area contributed by atoms with Gasteiger partial charge in [-0.05, 0) is 18.1 Å². The number of aromatic nitrogens is 1. The summed E-state index contributed by atoms with van der Waals surface area (Å²) in [4.78, 5) is 18.5. The zero-order chi connectivity index (χ0) is 15.2. The monoisotopic (exact) mass is 303 g/mol. The number of carbonyl (C=O) groups is 1. The smallest absolute Gasteiger partial charge is 0.273 e. The van der Waals surface area contributed by atoms with E-state index in [1.807, 2.05) is 19.9 Å². The van der Waals surface area contributed by atoms with Crippen molar-refractivity contribution in [1.82, 2.24) is 9.88 Å². The molecule has 0 atom stereocenters. The fraction of sp³-hybridized carbons (Fsp3) is 0.400. The minimum absolute atomic E-state index is 0.131. The molecule has 0 unspecified atom stereocenters. The van der Waals surface area contributed by atoms with Gasteiger partial charge >= 0.3 is 0 Å². The summed E-state index contributed by atoms with van der Waals surface area (Å²) in [5.41, 5.74) is 0.407. The van der Waals surface area contributed by atoms with E-state index in [4.69, 9.17) is 9.68 Å². The Labute approximate surface area is 127 Å². The molecule has 0 radical (unpaired) electrons. The molecular weight excluding hydrogens is 286 g/mol. The first-order valence-corrected chi connectivity index (χ1v) is 7.65. The lowest BCUT2D eigenvalue weighted by Gasteiger charge is -2.22. The zero-order valence-corrected chi connectivity index (χ0v) is 12.9. The highest BCUT2D eigenvalue weighted by molar-refractivity contribution is 7.13. The second-order valence-corrected chi connectivity index (χ2v) is 5.93. The SMILES string of the molecule is CC(C)CN(CCC#N)C(=O)c1csc(-c2ccco2)n1. The summed E-state index contributed by atoms with van der Waals surface area (Å²) in [6, 6.07) is 5.68. The van der Waals surface area contributed by atoms with Gasteiger partial charge in [-0.1, -0.05) is 13.8 Å². The lowest BCUT2D eigenvalue weighted by atomic mass is 10.2. The Morgan fingerprint density at radius 2 is 2.38 bits per heavy atom. The van der Waals surface area contributed by atoms with Gasteiger partial charge < -0.3 is 9.32 Å².